The van der Waals surface area contributed by atoms with Gasteiger partial charge >= 0.3 is 6.09 Å². The topological polar surface area (TPSA) is 76.1 Å². The summed E-state index contributed by atoms with van der Waals surface area (Å²) >= 11 is 0. The van der Waals surface area contributed by atoms with Crippen LogP contribution >= 0.6 is 0 Å². The molecule has 0 radical (unpaired) electrons. The zero-order valence-electron chi connectivity index (χ0n) is 11.4. The normalized spacial score (nSPS) is 9.90. The molecule has 0 saturated heterocycles. The van der Waals surface area contributed by atoms with Crippen LogP contribution in [0, 0.1) is 6.92 Å². The van der Waals surface area contributed by atoms with Gasteiger partial charge in [0.2, 0.25) is 0 Å². The second kappa shape index (κ2) is 6.51. The quantitative estimate of drug-likeness (QED) is 0.836. The fourth-order valence-electron chi connectivity index (χ4n) is 1.71. The van der Waals surface area contributed by atoms with E-state index in [1.54, 1.807) is 6.92 Å². The van der Waals surface area contributed by atoms with Crippen LogP contribution in [0.15, 0.2) is 36.4 Å². The number of hydrogen-bond acceptors (Lipinski definition) is 5. The number of ether oxygens (including phenoxy) is 1. The van der Waals surface area contributed by atoms with Crippen molar-refractivity contribution in [2.24, 2.45) is 0 Å². The minimum absolute atomic E-state index is 0.311. The molecular formula is C14H16N4O2. The molecule has 1 aromatic heterocycles. The molecule has 6 nitrogen and oxygen atoms in total. The standard InChI is InChI=1S/C14H16N4O2/c1-3-20-14(19)18-16-12-9-10(2)13(17-15-12)11-7-5-4-6-8-11/h4-9H,3H2,1-2H3,(H,15,16)(H,18,19). The van der Waals surface area contributed by atoms with Crippen LogP contribution in [0.5, 0.6) is 0 Å². The molecule has 0 unspecified atom stereocenters. The molecule has 20 heavy (non-hydrogen) atoms. The number of rotatable bonds is 4. The van der Waals surface area contributed by atoms with Gasteiger partial charge < -0.3 is 4.74 Å². The van der Waals surface area contributed by atoms with Crippen molar-refractivity contribution in [3.63, 3.8) is 0 Å². The zero-order valence-corrected chi connectivity index (χ0v) is 11.4. The van der Waals surface area contributed by atoms with Gasteiger partial charge in [-0.3, -0.25) is 5.43 Å². The Morgan fingerprint density at radius 3 is 2.65 bits per heavy atom. The monoisotopic (exact) mass is 272 g/mol. The smallest absolute Gasteiger partial charge is 0.425 e. The minimum atomic E-state index is -0.556. The number of hydrazine groups is 1. The Labute approximate surface area is 117 Å². The number of aryl methyl sites for hydroxylation is 1. The van der Waals surface area contributed by atoms with Crippen molar-refractivity contribution in [3.8, 4) is 11.3 Å². The van der Waals surface area contributed by atoms with E-state index < -0.39 is 6.09 Å². The number of anilines is 1. The molecule has 0 fully saturated rings. The van der Waals surface area contributed by atoms with Crippen LogP contribution in [0.4, 0.5) is 10.6 Å². The van der Waals surface area contributed by atoms with E-state index in [9.17, 15) is 4.79 Å². The Morgan fingerprint density at radius 1 is 1.25 bits per heavy atom. The van der Waals surface area contributed by atoms with Crippen LogP contribution in [0.1, 0.15) is 12.5 Å². The molecule has 104 valence electrons. The molecule has 0 aliphatic heterocycles. The van der Waals surface area contributed by atoms with E-state index >= 15 is 0 Å². The largest absolute Gasteiger partial charge is 0.449 e. The van der Waals surface area contributed by atoms with Crippen LogP contribution in [0.3, 0.4) is 0 Å². The molecule has 2 rings (SSSR count). The van der Waals surface area contributed by atoms with Gasteiger partial charge in [0.05, 0.1) is 12.3 Å². The van der Waals surface area contributed by atoms with Gasteiger partial charge in [0, 0.05) is 5.56 Å². The Balaban J connectivity index is 2.08. The van der Waals surface area contributed by atoms with Crippen molar-refractivity contribution in [1.82, 2.24) is 15.6 Å². The van der Waals surface area contributed by atoms with Crippen molar-refractivity contribution in [2.75, 3.05) is 12.0 Å². The van der Waals surface area contributed by atoms with Crippen molar-refractivity contribution < 1.29 is 9.53 Å². The SMILES string of the molecule is CCOC(=O)NNc1cc(C)c(-c2ccccc2)nn1. The number of benzene rings is 1. The summed E-state index contributed by atoms with van der Waals surface area (Å²) < 4.78 is 4.73. The number of nitrogens with one attached hydrogen (secondary N) is 2. The lowest BCUT2D eigenvalue weighted by Gasteiger charge is -2.09. The molecule has 0 aliphatic rings. The third-order valence-electron chi connectivity index (χ3n) is 2.60. The lowest BCUT2D eigenvalue weighted by molar-refractivity contribution is 0.154. The maximum atomic E-state index is 11.1. The molecule has 0 spiro atoms. The van der Waals surface area contributed by atoms with E-state index in [0.717, 1.165) is 16.8 Å². The molecular weight excluding hydrogens is 256 g/mol. The average Bonchev–Trinajstić information content (AvgIpc) is 2.46. The number of hydrogen-bond donors (Lipinski definition) is 2. The summed E-state index contributed by atoms with van der Waals surface area (Å²) in [5, 5.41) is 8.18. The van der Waals surface area contributed by atoms with E-state index in [0.29, 0.717) is 12.4 Å². The molecule has 0 aliphatic carbocycles. The molecule has 1 heterocycles. The molecule has 0 saturated carbocycles. The Bertz CT molecular complexity index is 587. The molecule has 1 aromatic carbocycles. The highest BCUT2D eigenvalue weighted by Crippen LogP contribution is 2.20. The number of nitrogens with zero attached hydrogens (tertiary/aromatic N) is 2. The van der Waals surface area contributed by atoms with Crippen LogP contribution < -0.4 is 10.9 Å². The van der Waals surface area contributed by atoms with Crippen molar-refractivity contribution in [1.29, 1.82) is 0 Å². The Hall–Kier alpha value is -2.63. The van der Waals surface area contributed by atoms with E-state index in [-0.39, 0.29) is 0 Å². The maximum Gasteiger partial charge on any atom is 0.425 e. The van der Waals surface area contributed by atoms with Crippen LogP contribution in [-0.4, -0.2) is 22.9 Å². The predicted octanol–water partition coefficient (Wildman–Crippen LogP) is 2.53. The summed E-state index contributed by atoms with van der Waals surface area (Å²) in [7, 11) is 0. The highest BCUT2D eigenvalue weighted by molar-refractivity contribution is 5.69. The number of amides is 1. The van der Waals surface area contributed by atoms with Crippen molar-refractivity contribution in [3.05, 3.63) is 42.0 Å². The zero-order chi connectivity index (χ0) is 14.4. The van der Waals surface area contributed by atoms with Gasteiger partial charge in [-0.15, -0.1) is 10.2 Å². The number of aromatic nitrogens is 2. The number of carbonyl (C=O) groups excluding carboxylic acids is 1. The maximum absolute atomic E-state index is 11.1. The van der Waals surface area contributed by atoms with Gasteiger partial charge in [-0.05, 0) is 25.5 Å². The van der Waals surface area contributed by atoms with Crippen LogP contribution in [0.25, 0.3) is 11.3 Å². The van der Waals surface area contributed by atoms with E-state index in [2.05, 4.69) is 21.0 Å². The Morgan fingerprint density at radius 2 is 2.00 bits per heavy atom. The van der Waals surface area contributed by atoms with Crippen LogP contribution in [0.2, 0.25) is 0 Å². The van der Waals surface area contributed by atoms with E-state index in [1.807, 2.05) is 43.3 Å². The van der Waals surface area contributed by atoms with Gasteiger partial charge in [0.1, 0.15) is 0 Å². The van der Waals surface area contributed by atoms with Crippen molar-refractivity contribution >= 4 is 11.9 Å². The lowest BCUT2D eigenvalue weighted by atomic mass is 10.1. The number of carbonyl (C=O) groups is 1. The van der Waals surface area contributed by atoms with Gasteiger partial charge in [-0.1, -0.05) is 30.3 Å². The van der Waals surface area contributed by atoms with Gasteiger partial charge in [0.15, 0.2) is 5.82 Å². The summed E-state index contributed by atoms with van der Waals surface area (Å²) in [4.78, 5) is 11.1. The third-order valence-corrected chi connectivity index (χ3v) is 2.60. The summed E-state index contributed by atoms with van der Waals surface area (Å²) in [6, 6.07) is 11.6. The van der Waals surface area contributed by atoms with E-state index in [4.69, 9.17) is 4.74 Å². The highest BCUT2D eigenvalue weighted by Gasteiger charge is 2.06. The fourth-order valence-corrected chi connectivity index (χ4v) is 1.71. The minimum Gasteiger partial charge on any atom is -0.449 e. The highest BCUT2D eigenvalue weighted by atomic mass is 16.5. The average molecular weight is 272 g/mol. The summed E-state index contributed by atoms with van der Waals surface area (Å²) in [6.45, 7) is 3.98. The van der Waals surface area contributed by atoms with Crippen LogP contribution in [-0.2, 0) is 4.74 Å². The molecule has 2 aromatic rings. The van der Waals surface area contributed by atoms with Gasteiger partial charge in [-0.25, -0.2) is 10.2 Å². The summed E-state index contributed by atoms with van der Waals surface area (Å²) in [5.41, 5.74) is 7.80. The molecule has 0 atom stereocenters. The first-order valence-electron chi connectivity index (χ1n) is 6.29. The van der Waals surface area contributed by atoms with Crippen molar-refractivity contribution in [2.45, 2.75) is 13.8 Å². The molecule has 6 heteroatoms. The first-order chi connectivity index (χ1) is 9.70. The first kappa shape index (κ1) is 13.8. The predicted molar refractivity (Wildman–Crippen MR) is 76.0 cm³/mol. The second-order valence-electron chi connectivity index (χ2n) is 4.10. The molecule has 2 N–H and O–H groups in total. The molecule has 0 bridgehead atoms. The summed E-state index contributed by atoms with van der Waals surface area (Å²) in [6.07, 6.45) is -0.556. The molecule has 1 amide bonds. The second-order valence-corrected chi connectivity index (χ2v) is 4.10. The lowest BCUT2D eigenvalue weighted by Crippen LogP contribution is -2.30. The summed E-state index contributed by atoms with van der Waals surface area (Å²) in [5.74, 6) is 0.454. The van der Waals surface area contributed by atoms with E-state index in [1.165, 1.54) is 0 Å². The Kier molecular flexibility index (Phi) is 4.49. The first-order valence-corrected chi connectivity index (χ1v) is 6.29. The van der Waals surface area contributed by atoms with Gasteiger partial charge in [-0.2, -0.15) is 0 Å². The fraction of sp³-hybridized carbons (Fsp3) is 0.214. The van der Waals surface area contributed by atoms with Gasteiger partial charge in [0.25, 0.3) is 0 Å². The third kappa shape index (κ3) is 3.44.